The molecule has 0 atom stereocenters. The predicted octanol–water partition coefficient (Wildman–Crippen LogP) is 3.23. The zero-order valence-electron chi connectivity index (χ0n) is 12.2. The molecule has 0 spiro atoms. The third kappa shape index (κ3) is 6.42. The average Bonchev–Trinajstić information content (AvgIpc) is 2.35. The summed E-state index contributed by atoms with van der Waals surface area (Å²) in [5, 5.41) is 0. The molecule has 17 heavy (non-hydrogen) atoms. The topological polar surface area (TPSA) is 6.48 Å². The lowest BCUT2D eigenvalue weighted by atomic mass is 9.92. The van der Waals surface area contributed by atoms with Gasteiger partial charge in [0.2, 0.25) is 0 Å². The molecule has 0 amide bonds. The van der Waals surface area contributed by atoms with Crippen molar-refractivity contribution in [3.05, 3.63) is 0 Å². The summed E-state index contributed by atoms with van der Waals surface area (Å²) in [7, 11) is 2.25. The van der Waals surface area contributed by atoms with Crippen molar-refractivity contribution in [2.24, 2.45) is 5.92 Å². The van der Waals surface area contributed by atoms with Crippen LogP contribution in [0.25, 0.3) is 0 Å². The minimum atomic E-state index is 1.02. The minimum Gasteiger partial charge on any atom is -0.306 e. The van der Waals surface area contributed by atoms with Crippen molar-refractivity contribution < 1.29 is 0 Å². The van der Waals surface area contributed by atoms with E-state index in [0.29, 0.717) is 0 Å². The van der Waals surface area contributed by atoms with Crippen LogP contribution in [-0.2, 0) is 0 Å². The molecule has 0 aromatic carbocycles. The average molecular weight is 240 g/mol. The molecule has 1 aliphatic heterocycles. The second kappa shape index (κ2) is 8.93. The second-order valence-electron chi connectivity index (χ2n) is 5.68. The summed E-state index contributed by atoms with van der Waals surface area (Å²) >= 11 is 0. The first-order valence-corrected chi connectivity index (χ1v) is 7.67. The highest BCUT2D eigenvalue weighted by Crippen LogP contribution is 2.21. The predicted molar refractivity (Wildman–Crippen MR) is 76.5 cm³/mol. The highest BCUT2D eigenvalue weighted by atomic mass is 15.1. The molecule has 2 nitrogen and oxygen atoms in total. The standard InChI is InChI=1S/C15H32N2/c1-4-11-17(5-2)12-7-6-8-15-9-13-16(3)14-10-15/h15H,4-14H2,1-3H3. The Morgan fingerprint density at radius 1 is 1.06 bits per heavy atom. The first-order valence-electron chi connectivity index (χ1n) is 7.67. The molecule has 102 valence electrons. The lowest BCUT2D eigenvalue weighted by molar-refractivity contribution is 0.206. The Balaban J connectivity index is 1.99. The van der Waals surface area contributed by atoms with E-state index in [4.69, 9.17) is 0 Å². The Bertz CT molecular complexity index is 174. The normalized spacial score (nSPS) is 19.1. The largest absolute Gasteiger partial charge is 0.306 e. The van der Waals surface area contributed by atoms with E-state index in [0.717, 1.165) is 5.92 Å². The van der Waals surface area contributed by atoms with Crippen LogP contribution in [-0.4, -0.2) is 49.6 Å². The molecule has 0 aromatic rings. The first kappa shape index (κ1) is 15.0. The number of rotatable bonds is 8. The van der Waals surface area contributed by atoms with Gasteiger partial charge in [-0.25, -0.2) is 0 Å². The smallest absolute Gasteiger partial charge is 0.00189 e. The van der Waals surface area contributed by atoms with Gasteiger partial charge in [-0.2, -0.15) is 0 Å². The van der Waals surface area contributed by atoms with E-state index in [1.54, 1.807) is 0 Å². The molecule has 1 fully saturated rings. The third-order valence-corrected chi connectivity index (χ3v) is 4.16. The summed E-state index contributed by atoms with van der Waals surface area (Å²) in [4.78, 5) is 5.06. The highest BCUT2D eigenvalue weighted by molar-refractivity contribution is 4.70. The van der Waals surface area contributed by atoms with Crippen molar-refractivity contribution in [3.8, 4) is 0 Å². The van der Waals surface area contributed by atoms with Crippen LogP contribution >= 0.6 is 0 Å². The van der Waals surface area contributed by atoms with Gasteiger partial charge in [0.25, 0.3) is 0 Å². The van der Waals surface area contributed by atoms with E-state index in [9.17, 15) is 0 Å². The number of hydrogen-bond acceptors (Lipinski definition) is 2. The molecule has 0 bridgehead atoms. The Kier molecular flexibility index (Phi) is 7.87. The van der Waals surface area contributed by atoms with Crippen molar-refractivity contribution >= 4 is 0 Å². The maximum atomic E-state index is 2.59. The molecule has 0 N–H and O–H groups in total. The van der Waals surface area contributed by atoms with Crippen LogP contribution in [0.5, 0.6) is 0 Å². The first-order chi connectivity index (χ1) is 8.26. The highest BCUT2D eigenvalue weighted by Gasteiger charge is 2.15. The molecule has 1 saturated heterocycles. The molecule has 0 aromatic heterocycles. The van der Waals surface area contributed by atoms with Gasteiger partial charge in [0.15, 0.2) is 0 Å². The molecule has 0 unspecified atom stereocenters. The van der Waals surface area contributed by atoms with Gasteiger partial charge in [-0.15, -0.1) is 0 Å². The van der Waals surface area contributed by atoms with Crippen molar-refractivity contribution in [2.45, 2.75) is 52.4 Å². The SMILES string of the molecule is CCCN(CC)CCCCC1CCN(C)CC1. The van der Waals surface area contributed by atoms with Gasteiger partial charge in [-0.1, -0.05) is 26.7 Å². The molecule has 0 saturated carbocycles. The summed E-state index contributed by atoms with van der Waals surface area (Å²) in [5.41, 5.74) is 0. The van der Waals surface area contributed by atoms with Gasteiger partial charge in [-0.05, 0) is 71.4 Å². The van der Waals surface area contributed by atoms with Gasteiger partial charge < -0.3 is 9.80 Å². The van der Waals surface area contributed by atoms with E-state index in [-0.39, 0.29) is 0 Å². The molecule has 2 heteroatoms. The van der Waals surface area contributed by atoms with E-state index >= 15 is 0 Å². The van der Waals surface area contributed by atoms with Gasteiger partial charge in [0, 0.05) is 0 Å². The molecule has 1 aliphatic rings. The van der Waals surface area contributed by atoms with Gasteiger partial charge in [0.1, 0.15) is 0 Å². The molecular formula is C15H32N2. The van der Waals surface area contributed by atoms with Crippen LogP contribution in [0.15, 0.2) is 0 Å². The van der Waals surface area contributed by atoms with Crippen molar-refractivity contribution in [2.75, 3.05) is 39.8 Å². The van der Waals surface area contributed by atoms with E-state index in [2.05, 4.69) is 30.7 Å². The Labute approximate surface area is 108 Å². The van der Waals surface area contributed by atoms with E-state index < -0.39 is 0 Å². The number of likely N-dealkylation sites (tertiary alicyclic amines) is 1. The number of piperidine rings is 1. The Hall–Kier alpha value is -0.0800. The summed E-state index contributed by atoms with van der Waals surface area (Å²) in [5.74, 6) is 1.02. The summed E-state index contributed by atoms with van der Waals surface area (Å²) in [6.45, 7) is 11.0. The molecule has 1 heterocycles. The number of unbranched alkanes of at least 4 members (excludes halogenated alkanes) is 1. The Morgan fingerprint density at radius 2 is 1.76 bits per heavy atom. The van der Waals surface area contributed by atoms with Crippen LogP contribution in [0.3, 0.4) is 0 Å². The number of hydrogen-bond donors (Lipinski definition) is 0. The maximum Gasteiger partial charge on any atom is -0.00189 e. The van der Waals surface area contributed by atoms with Crippen molar-refractivity contribution in [3.63, 3.8) is 0 Å². The summed E-state index contributed by atoms with van der Waals surface area (Å²) in [6, 6.07) is 0. The molecule has 1 rings (SSSR count). The zero-order chi connectivity index (χ0) is 12.5. The van der Waals surface area contributed by atoms with E-state index in [1.807, 2.05) is 0 Å². The fourth-order valence-electron chi connectivity index (χ4n) is 2.86. The molecule has 0 radical (unpaired) electrons. The second-order valence-corrected chi connectivity index (χ2v) is 5.68. The van der Waals surface area contributed by atoms with E-state index in [1.165, 1.54) is 71.2 Å². The number of nitrogens with zero attached hydrogens (tertiary/aromatic N) is 2. The van der Waals surface area contributed by atoms with Gasteiger partial charge in [0.05, 0.1) is 0 Å². The van der Waals surface area contributed by atoms with Crippen molar-refractivity contribution in [1.82, 2.24) is 9.80 Å². The lowest BCUT2D eigenvalue weighted by Crippen LogP contribution is -2.30. The maximum absolute atomic E-state index is 2.59. The lowest BCUT2D eigenvalue weighted by Gasteiger charge is -2.29. The zero-order valence-corrected chi connectivity index (χ0v) is 12.2. The Morgan fingerprint density at radius 3 is 2.35 bits per heavy atom. The summed E-state index contributed by atoms with van der Waals surface area (Å²) in [6.07, 6.45) is 8.47. The minimum absolute atomic E-state index is 1.02. The fourth-order valence-corrected chi connectivity index (χ4v) is 2.86. The van der Waals surface area contributed by atoms with Crippen molar-refractivity contribution in [1.29, 1.82) is 0 Å². The van der Waals surface area contributed by atoms with Crippen LogP contribution in [0, 0.1) is 5.92 Å². The van der Waals surface area contributed by atoms with Crippen LogP contribution in [0.4, 0.5) is 0 Å². The van der Waals surface area contributed by atoms with Crippen LogP contribution in [0.1, 0.15) is 52.4 Å². The van der Waals surface area contributed by atoms with Gasteiger partial charge >= 0.3 is 0 Å². The molecule has 0 aliphatic carbocycles. The van der Waals surface area contributed by atoms with Gasteiger partial charge in [-0.3, -0.25) is 0 Å². The quantitative estimate of drug-likeness (QED) is 0.601. The van der Waals surface area contributed by atoms with Crippen LogP contribution in [0.2, 0.25) is 0 Å². The molecular weight excluding hydrogens is 208 g/mol. The summed E-state index contributed by atoms with van der Waals surface area (Å²) < 4.78 is 0. The monoisotopic (exact) mass is 240 g/mol. The third-order valence-electron chi connectivity index (χ3n) is 4.16. The van der Waals surface area contributed by atoms with Crippen LogP contribution < -0.4 is 0 Å². The fraction of sp³-hybridized carbons (Fsp3) is 1.00.